The molecule has 0 unspecified atom stereocenters. The van der Waals surface area contributed by atoms with Gasteiger partial charge in [-0.05, 0) is 30.7 Å². The number of halogens is 2. The highest BCUT2D eigenvalue weighted by molar-refractivity contribution is 7.80. The van der Waals surface area contributed by atoms with E-state index in [2.05, 4.69) is 12.6 Å². The summed E-state index contributed by atoms with van der Waals surface area (Å²) in [6.07, 6.45) is 6.90. The highest BCUT2D eigenvalue weighted by Crippen LogP contribution is 2.37. The zero-order chi connectivity index (χ0) is 13.7. The molecule has 0 atom stereocenters. The van der Waals surface area contributed by atoms with E-state index in [1.54, 1.807) is 0 Å². The maximum Gasteiger partial charge on any atom is 0.165 e. The zero-order valence-electron chi connectivity index (χ0n) is 11.0. The molecule has 0 aromatic heterocycles. The monoisotopic (exact) mass is 286 g/mol. The molecular weight excluding hydrogens is 266 g/mol. The Balaban J connectivity index is 2.04. The van der Waals surface area contributed by atoms with Gasteiger partial charge in [0.05, 0.1) is 6.61 Å². The molecule has 0 amide bonds. The van der Waals surface area contributed by atoms with Crippen LogP contribution in [-0.4, -0.2) is 12.4 Å². The van der Waals surface area contributed by atoms with Crippen molar-refractivity contribution < 1.29 is 13.5 Å². The van der Waals surface area contributed by atoms with Crippen LogP contribution in [0.25, 0.3) is 0 Å². The fourth-order valence-corrected chi connectivity index (χ4v) is 3.05. The molecule has 2 rings (SSSR count). The van der Waals surface area contributed by atoms with E-state index < -0.39 is 11.6 Å². The molecule has 0 N–H and O–H groups in total. The topological polar surface area (TPSA) is 9.23 Å². The molecule has 0 saturated heterocycles. The molecule has 0 aliphatic heterocycles. The summed E-state index contributed by atoms with van der Waals surface area (Å²) in [6, 6.07) is 3.31. The van der Waals surface area contributed by atoms with Crippen LogP contribution in [0.3, 0.4) is 0 Å². The van der Waals surface area contributed by atoms with Gasteiger partial charge in [-0.2, -0.15) is 12.6 Å². The zero-order valence-corrected chi connectivity index (χ0v) is 11.9. The third kappa shape index (κ3) is 3.85. The van der Waals surface area contributed by atoms with Crippen LogP contribution in [0.5, 0.6) is 5.75 Å². The van der Waals surface area contributed by atoms with Gasteiger partial charge in [-0.3, -0.25) is 0 Å². The molecule has 1 nitrogen and oxygen atoms in total. The van der Waals surface area contributed by atoms with Gasteiger partial charge in [0.2, 0.25) is 0 Å². The summed E-state index contributed by atoms with van der Waals surface area (Å²) >= 11 is 4.44. The molecule has 1 saturated carbocycles. The normalized spacial score (nSPS) is 18.9. The van der Waals surface area contributed by atoms with E-state index in [4.69, 9.17) is 4.74 Å². The highest BCUT2D eigenvalue weighted by Gasteiger charge is 2.30. The quantitative estimate of drug-likeness (QED) is 0.628. The first kappa shape index (κ1) is 14.6. The van der Waals surface area contributed by atoms with E-state index >= 15 is 0 Å². The number of thiol groups is 1. The second-order valence-electron chi connectivity index (χ2n) is 5.44. The largest absolute Gasteiger partial charge is 0.490 e. The SMILES string of the molecule is Fc1ccc(F)c(OCC2(CS)CCCCCC2)c1. The summed E-state index contributed by atoms with van der Waals surface area (Å²) in [5.74, 6) is -0.254. The van der Waals surface area contributed by atoms with Crippen molar-refractivity contribution in [2.75, 3.05) is 12.4 Å². The van der Waals surface area contributed by atoms with E-state index in [1.807, 2.05) is 0 Å². The minimum absolute atomic E-state index is 0.00162. The molecule has 1 fully saturated rings. The van der Waals surface area contributed by atoms with Crippen molar-refractivity contribution in [1.29, 1.82) is 0 Å². The Morgan fingerprint density at radius 2 is 1.79 bits per heavy atom. The van der Waals surface area contributed by atoms with E-state index in [0.29, 0.717) is 6.61 Å². The van der Waals surface area contributed by atoms with Gasteiger partial charge in [0, 0.05) is 11.5 Å². The molecule has 19 heavy (non-hydrogen) atoms. The van der Waals surface area contributed by atoms with Gasteiger partial charge in [-0.1, -0.05) is 25.7 Å². The van der Waals surface area contributed by atoms with Crippen LogP contribution in [0.15, 0.2) is 18.2 Å². The molecule has 0 spiro atoms. The van der Waals surface area contributed by atoms with Crippen molar-refractivity contribution in [3.63, 3.8) is 0 Å². The lowest BCUT2D eigenvalue weighted by Crippen LogP contribution is -2.30. The van der Waals surface area contributed by atoms with Crippen molar-refractivity contribution in [2.24, 2.45) is 5.41 Å². The maximum absolute atomic E-state index is 13.5. The summed E-state index contributed by atoms with van der Waals surface area (Å²) in [6.45, 7) is 0.414. The Kier molecular flexibility index (Phi) is 5.08. The lowest BCUT2D eigenvalue weighted by Gasteiger charge is -2.31. The van der Waals surface area contributed by atoms with Crippen molar-refractivity contribution in [1.82, 2.24) is 0 Å². The van der Waals surface area contributed by atoms with E-state index in [-0.39, 0.29) is 11.2 Å². The molecule has 4 heteroatoms. The van der Waals surface area contributed by atoms with Gasteiger partial charge in [-0.25, -0.2) is 8.78 Å². The lowest BCUT2D eigenvalue weighted by molar-refractivity contribution is 0.143. The number of hydrogen-bond donors (Lipinski definition) is 1. The first-order chi connectivity index (χ1) is 9.15. The first-order valence-corrected chi connectivity index (χ1v) is 7.47. The second kappa shape index (κ2) is 6.60. The lowest BCUT2D eigenvalue weighted by atomic mass is 9.83. The first-order valence-electron chi connectivity index (χ1n) is 6.84. The summed E-state index contributed by atoms with van der Waals surface area (Å²) in [5.41, 5.74) is -0.00162. The summed E-state index contributed by atoms with van der Waals surface area (Å²) in [7, 11) is 0. The average molecular weight is 286 g/mol. The molecule has 106 valence electrons. The minimum Gasteiger partial charge on any atom is -0.490 e. The second-order valence-corrected chi connectivity index (χ2v) is 5.75. The molecule has 0 radical (unpaired) electrons. The Morgan fingerprint density at radius 3 is 2.42 bits per heavy atom. The number of hydrogen-bond acceptors (Lipinski definition) is 2. The van der Waals surface area contributed by atoms with Crippen LogP contribution in [0.1, 0.15) is 38.5 Å². The average Bonchev–Trinajstić information content (AvgIpc) is 2.66. The fourth-order valence-electron chi connectivity index (χ4n) is 2.65. The Bertz CT molecular complexity index is 415. The summed E-state index contributed by atoms with van der Waals surface area (Å²) < 4.78 is 32.2. The molecule has 0 heterocycles. The third-order valence-electron chi connectivity index (χ3n) is 3.93. The van der Waals surface area contributed by atoms with Gasteiger partial charge in [0.1, 0.15) is 5.82 Å². The van der Waals surface area contributed by atoms with Gasteiger partial charge < -0.3 is 4.74 Å². The number of rotatable bonds is 4. The number of benzene rings is 1. The van der Waals surface area contributed by atoms with Crippen molar-refractivity contribution in [2.45, 2.75) is 38.5 Å². The Hall–Kier alpha value is -0.770. The molecule has 1 aliphatic carbocycles. The smallest absolute Gasteiger partial charge is 0.165 e. The highest BCUT2D eigenvalue weighted by atomic mass is 32.1. The molecule has 1 aromatic rings. The van der Waals surface area contributed by atoms with Crippen molar-refractivity contribution in [3.8, 4) is 5.75 Å². The van der Waals surface area contributed by atoms with E-state index in [1.165, 1.54) is 12.8 Å². The predicted molar refractivity (Wildman–Crippen MR) is 75.8 cm³/mol. The van der Waals surface area contributed by atoms with Crippen LogP contribution in [-0.2, 0) is 0 Å². The molecule has 0 bridgehead atoms. The van der Waals surface area contributed by atoms with Gasteiger partial charge >= 0.3 is 0 Å². The van der Waals surface area contributed by atoms with Crippen LogP contribution in [0.2, 0.25) is 0 Å². The van der Waals surface area contributed by atoms with Crippen LogP contribution in [0, 0.1) is 17.0 Å². The van der Waals surface area contributed by atoms with E-state index in [9.17, 15) is 8.78 Å². The number of ether oxygens (including phenoxy) is 1. The Labute approximate surface area is 118 Å². The van der Waals surface area contributed by atoms with Crippen LogP contribution in [0.4, 0.5) is 8.78 Å². The predicted octanol–water partition coefficient (Wildman–Crippen LogP) is 4.61. The Morgan fingerprint density at radius 1 is 1.11 bits per heavy atom. The van der Waals surface area contributed by atoms with Crippen LogP contribution < -0.4 is 4.74 Å². The third-order valence-corrected chi connectivity index (χ3v) is 4.60. The van der Waals surface area contributed by atoms with E-state index in [0.717, 1.165) is 49.6 Å². The van der Waals surface area contributed by atoms with Crippen LogP contribution >= 0.6 is 12.6 Å². The van der Waals surface area contributed by atoms with Gasteiger partial charge in [0.15, 0.2) is 11.6 Å². The molecular formula is C15H20F2OS. The minimum atomic E-state index is -0.510. The maximum atomic E-state index is 13.5. The summed E-state index contributed by atoms with van der Waals surface area (Å²) in [5, 5.41) is 0. The summed E-state index contributed by atoms with van der Waals surface area (Å²) in [4.78, 5) is 0. The van der Waals surface area contributed by atoms with Gasteiger partial charge in [-0.15, -0.1) is 0 Å². The van der Waals surface area contributed by atoms with Gasteiger partial charge in [0.25, 0.3) is 0 Å². The van der Waals surface area contributed by atoms with Crippen molar-refractivity contribution >= 4 is 12.6 Å². The standard InChI is InChI=1S/C15H20F2OS/c16-12-5-6-13(17)14(9-12)18-10-15(11-19)7-3-1-2-4-8-15/h5-6,9,19H,1-4,7-8,10-11H2. The van der Waals surface area contributed by atoms with Crippen molar-refractivity contribution in [3.05, 3.63) is 29.8 Å². The molecule has 1 aromatic carbocycles. The fraction of sp³-hybridized carbons (Fsp3) is 0.600. The molecule has 1 aliphatic rings.